The van der Waals surface area contributed by atoms with Crippen LogP contribution in [0.4, 0.5) is 0 Å². The molecule has 2 heterocycles. The number of carbonyl (C=O) groups is 1. The van der Waals surface area contributed by atoms with Crippen LogP contribution in [0, 0.1) is 6.92 Å². The van der Waals surface area contributed by atoms with E-state index in [2.05, 4.69) is 9.97 Å². The van der Waals surface area contributed by atoms with Gasteiger partial charge in [-0.3, -0.25) is 4.98 Å². The number of thiazole rings is 1. The number of primary sulfonamides is 1. The largest absolute Gasteiger partial charge is 0.490 e. The number of pyridine rings is 1. The van der Waals surface area contributed by atoms with Crippen molar-refractivity contribution in [3.05, 3.63) is 59.2 Å². The smallest absolute Gasteiger partial charge is 0.350 e. The molecule has 0 bridgehead atoms. The number of esters is 1. The van der Waals surface area contributed by atoms with Crippen molar-refractivity contribution in [3.63, 3.8) is 0 Å². The highest BCUT2D eigenvalue weighted by Gasteiger charge is 2.18. The first kappa shape index (κ1) is 19.9. The molecule has 0 radical (unpaired) electrons. The number of ether oxygens (including phenoxy) is 2. The third-order valence-electron chi connectivity index (χ3n) is 3.60. The predicted octanol–water partition coefficient (Wildman–Crippen LogP) is 2.40. The van der Waals surface area contributed by atoms with Gasteiger partial charge in [0.1, 0.15) is 28.8 Å². The van der Waals surface area contributed by atoms with Gasteiger partial charge in [0.15, 0.2) is 0 Å². The molecular weight excluding hydrogens is 402 g/mol. The molecule has 0 spiro atoms. The highest BCUT2D eigenvalue weighted by atomic mass is 32.2. The summed E-state index contributed by atoms with van der Waals surface area (Å²) in [6.45, 7) is 1.89. The molecule has 146 valence electrons. The molecule has 0 aliphatic rings. The first-order valence-electron chi connectivity index (χ1n) is 8.16. The van der Waals surface area contributed by atoms with Crippen LogP contribution in [0.5, 0.6) is 5.75 Å². The number of hydrogen-bond donors (Lipinski definition) is 1. The maximum Gasteiger partial charge on any atom is 0.350 e. The lowest BCUT2D eigenvalue weighted by Gasteiger charge is -2.07. The zero-order valence-electron chi connectivity index (χ0n) is 14.9. The second kappa shape index (κ2) is 8.46. The molecule has 0 atom stereocenters. The molecule has 8 nitrogen and oxygen atoms in total. The SMILES string of the molecule is Cc1nc(-c2ccccn2)sc1C(=O)OCCOc1ccc(S(N)(=O)=O)cc1. The van der Waals surface area contributed by atoms with Crippen LogP contribution in [0.15, 0.2) is 53.6 Å². The molecule has 0 saturated heterocycles. The van der Waals surface area contributed by atoms with Gasteiger partial charge in [0.25, 0.3) is 0 Å². The highest BCUT2D eigenvalue weighted by molar-refractivity contribution is 7.89. The van der Waals surface area contributed by atoms with E-state index in [1.54, 1.807) is 13.1 Å². The zero-order valence-corrected chi connectivity index (χ0v) is 16.5. The van der Waals surface area contributed by atoms with E-state index < -0.39 is 16.0 Å². The van der Waals surface area contributed by atoms with E-state index in [0.29, 0.717) is 27.0 Å². The van der Waals surface area contributed by atoms with Crippen LogP contribution in [-0.2, 0) is 14.8 Å². The van der Waals surface area contributed by atoms with Crippen LogP contribution < -0.4 is 9.88 Å². The molecule has 2 aromatic heterocycles. The average Bonchev–Trinajstić information content (AvgIpc) is 3.07. The van der Waals surface area contributed by atoms with Gasteiger partial charge in [-0.05, 0) is 43.3 Å². The van der Waals surface area contributed by atoms with Gasteiger partial charge in [-0.15, -0.1) is 11.3 Å². The Hall–Kier alpha value is -2.82. The quantitative estimate of drug-likeness (QED) is 0.461. The molecule has 2 N–H and O–H groups in total. The number of rotatable bonds is 7. The number of nitrogens with two attached hydrogens (primary N) is 1. The van der Waals surface area contributed by atoms with E-state index in [0.717, 1.165) is 0 Å². The molecule has 1 aromatic carbocycles. The summed E-state index contributed by atoms with van der Waals surface area (Å²) in [6, 6.07) is 11.1. The molecular formula is C18H17N3O5S2. The van der Waals surface area contributed by atoms with E-state index in [1.807, 2.05) is 18.2 Å². The second-order valence-electron chi connectivity index (χ2n) is 5.65. The number of benzene rings is 1. The molecule has 0 aliphatic heterocycles. The molecule has 28 heavy (non-hydrogen) atoms. The van der Waals surface area contributed by atoms with Gasteiger partial charge in [0.2, 0.25) is 10.0 Å². The van der Waals surface area contributed by atoms with E-state index in [9.17, 15) is 13.2 Å². The maximum absolute atomic E-state index is 12.3. The van der Waals surface area contributed by atoms with Crippen LogP contribution in [0.1, 0.15) is 15.4 Å². The fourth-order valence-electron chi connectivity index (χ4n) is 2.27. The monoisotopic (exact) mass is 419 g/mol. The van der Waals surface area contributed by atoms with Gasteiger partial charge >= 0.3 is 5.97 Å². The number of aryl methyl sites for hydroxylation is 1. The third kappa shape index (κ3) is 4.91. The van der Waals surface area contributed by atoms with E-state index in [1.165, 1.54) is 35.6 Å². The van der Waals surface area contributed by atoms with Crippen LogP contribution in [-0.4, -0.2) is 37.6 Å². The van der Waals surface area contributed by atoms with Crippen LogP contribution in [0.25, 0.3) is 10.7 Å². The van der Waals surface area contributed by atoms with Gasteiger partial charge < -0.3 is 9.47 Å². The van der Waals surface area contributed by atoms with E-state index >= 15 is 0 Å². The lowest BCUT2D eigenvalue weighted by Crippen LogP contribution is -2.13. The normalized spacial score (nSPS) is 11.2. The lowest BCUT2D eigenvalue weighted by molar-refractivity contribution is 0.0455. The van der Waals surface area contributed by atoms with Crippen molar-refractivity contribution < 1.29 is 22.7 Å². The molecule has 3 aromatic rings. The minimum Gasteiger partial charge on any atom is -0.490 e. The summed E-state index contributed by atoms with van der Waals surface area (Å²) >= 11 is 1.22. The van der Waals surface area contributed by atoms with E-state index in [4.69, 9.17) is 14.6 Å². The third-order valence-corrected chi connectivity index (χ3v) is 5.69. The molecule has 0 unspecified atom stereocenters. The van der Waals surface area contributed by atoms with Gasteiger partial charge in [-0.1, -0.05) is 6.07 Å². The molecule has 0 fully saturated rings. The van der Waals surface area contributed by atoms with Crippen molar-refractivity contribution in [2.75, 3.05) is 13.2 Å². The Balaban J connectivity index is 1.53. The second-order valence-corrected chi connectivity index (χ2v) is 8.21. The van der Waals surface area contributed by atoms with Gasteiger partial charge in [0, 0.05) is 6.20 Å². The minimum absolute atomic E-state index is 0.00402. The zero-order chi connectivity index (χ0) is 20.1. The summed E-state index contributed by atoms with van der Waals surface area (Å²) in [6.07, 6.45) is 1.66. The Bertz CT molecular complexity index is 1060. The highest BCUT2D eigenvalue weighted by Crippen LogP contribution is 2.26. The predicted molar refractivity (Wildman–Crippen MR) is 104 cm³/mol. The van der Waals surface area contributed by atoms with Crippen molar-refractivity contribution in [3.8, 4) is 16.5 Å². The van der Waals surface area contributed by atoms with Crippen LogP contribution in [0.2, 0.25) is 0 Å². The van der Waals surface area contributed by atoms with Crippen molar-refractivity contribution in [1.29, 1.82) is 0 Å². The number of carbonyl (C=O) groups excluding carboxylic acids is 1. The fraction of sp³-hybridized carbons (Fsp3) is 0.167. The summed E-state index contributed by atoms with van der Waals surface area (Å²) in [5.74, 6) is -0.0415. The number of hydrogen-bond acceptors (Lipinski definition) is 8. The molecule has 0 aliphatic carbocycles. The first-order chi connectivity index (χ1) is 13.3. The standard InChI is InChI=1S/C18H17N3O5S2/c1-12-16(27-17(21-12)15-4-2-3-9-20-15)18(22)26-11-10-25-13-5-7-14(8-6-13)28(19,23)24/h2-9H,10-11H2,1H3,(H2,19,23,24). The number of nitrogens with zero attached hydrogens (tertiary/aromatic N) is 2. The van der Waals surface area contributed by atoms with Gasteiger partial charge in [0.05, 0.1) is 16.3 Å². The summed E-state index contributed by atoms with van der Waals surface area (Å²) in [7, 11) is -3.74. The number of aromatic nitrogens is 2. The van der Waals surface area contributed by atoms with Crippen molar-refractivity contribution in [2.45, 2.75) is 11.8 Å². The maximum atomic E-state index is 12.3. The molecule has 0 amide bonds. The summed E-state index contributed by atoms with van der Waals surface area (Å²) in [4.78, 5) is 21.3. The summed E-state index contributed by atoms with van der Waals surface area (Å²) in [5.41, 5.74) is 1.27. The Labute approximate surface area is 166 Å². The molecule has 0 saturated carbocycles. The summed E-state index contributed by atoms with van der Waals surface area (Å²) < 4.78 is 33.1. The topological polar surface area (TPSA) is 121 Å². The van der Waals surface area contributed by atoms with Crippen molar-refractivity contribution in [2.24, 2.45) is 5.14 Å². The van der Waals surface area contributed by atoms with Crippen molar-refractivity contribution in [1.82, 2.24) is 9.97 Å². The van der Waals surface area contributed by atoms with Crippen molar-refractivity contribution >= 4 is 27.3 Å². The molecule has 10 heteroatoms. The van der Waals surface area contributed by atoms with Gasteiger partial charge in [-0.2, -0.15) is 0 Å². The minimum atomic E-state index is -3.74. The van der Waals surface area contributed by atoms with Crippen LogP contribution >= 0.6 is 11.3 Å². The Morgan fingerprint density at radius 3 is 2.54 bits per heavy atom. The first-order valence-corrected chi connectivity index (χ1v) is 10.5. The van der Waals surface area contributed by atoms with Crippen LogP contribution in [0.3, 0.4) is 0 Å². The Morgan fingerprint density at radius 2 is 1.89 bits per heavy atom. The summed E-state index contributed by atoms with van der Waals surface area (Å²) in [5, 5.41) is 5.68. The Morgan fingerprint density at radius 1 is 1.14 bits per heavy atom. The number of sulfonamides is 1. The molecule has 3 rings (SSSR count). The average molecular weight is 419 g/mol. The lowest BCUT2D eigenvalue weighted by atomic mass is 10.3. The van der Waals surface area contributed by atoms with E-state index in [-0.39, 0.29) is 18.1 Å². The Kier molecular flexibility index (Phi) is 6.02. The van der Waals surface area contributed by atoms with Gasteiger partial charge in [-0.25, -0.2) is 23.3 Å². The fourth-order valence-corrected chi connectivity index (χ4v) is 3.72.